The molecule has 1 aromatic rings. The summed E-state index contributed by atoms with van der Waals surface area (Å²) in [6.07, 6.45) is 0.748. The summed E-state index contributed by atoms with van der Waals surface area (Å²) in [5.41, 5.74) is 0.323. The van der Waals surface area contributed by atoms with Gasteiger partial charge in [0.15, 0.2) is 0 Å². The monoisotopic (exact) mass is 559 g/mol. The third-order valence-corrected chi connectivity index (χ3v) is 8.06. The van der Waals surface area contributed by atoms with Gasteiger partial charge in [0.1, 0.15) is 6.04 Å². The second kappa shape index (κ2) is 6.70. The molecule has 0 saturated carbocycles. The minimum atomic E-state index is -1.19. The Morgan fingerprint density at radius 1 is 1.00 bits per heavy atom. The molecule has 1 aliphatic heterocycles. The number of rotatable bonds is 4. The second-order valence-electron chi connectivity index (χ2n) is 4.63. The summed E-state index contributed by atoms with van der Waals surface area (Å²) in [5, 5.41) is 9.34. The molecule has 0 spiro atoms. The van der Waals surface area contributed by atoms with Gasteiger partial charge in [-0.2, -0.15) is 0 Å². The zero-order chi connectivity index (χ0) is 16.8. The van der Waals surface area contributed by atoms with Crippen molar-refractivity contribution in [2.24, 2.45) is 0 Å². The number of hydrogen-bond donors (Lipinski definition) is 1. The molecule has 1 heterocycles. The van der Waals surface area contributed by atoms with Crippen LogP contribution >= 0.6 is 63.7 Å². The van der Waals surface area contributed by atoms with Crippen molar-refractivity contribution in [3.63, 3.8) is 0 Å². The van der Waals surface area contributed by atoms with Crippen molar-refractivity contribution in [1.29, 1.82) is 0 Å². The molecule has 118 valence electrons. The van der Waals surface area contributed by atoms with Crippen molar-refractivity contribution >= 4 is 81.5 Å². The molecule has 9 heteroatoms. The number of imide groups is 1. The van der Waals surface area contributed by atoms with Gasteiger partial charge in [0.25, 0.3) is 11.8 Å². The number of carbonyl (C=O) groups excluding carboxylic acids is 2. The summed E-state index contributed by atoms with van der Waals surface area (Å²) in [7, 11) is 0. The van der Waals surface area contributed by atoms with Crippen LogP contribution in [0.15, 0.2) is 17.9 Å². The van der Waals surface area contributed by atoms with Gasteiger partial charge in [0.2, 0.25) is 0 Å². The van der Waals surface area contributed by atoms with Crippen LogP contribution in [0.2, 0.25) is 0 Å². The third kappa shape index (κ3) is 2.70. The first-order valence-corrected chi connectivity index (χ1v) is 9.37. The lowest BCUT2D eigenvalue weighted by Gasteiger charge is -2.21. The molecule has 1 aliphatic rings. The van der Waals surface area contributed by atoms with Crippen molar-refractivity contribution in [3.05, 3.63) is 29.0 Å². The highest BCUT2D eigenvalue weighted by Gasteiger charge is 2.46. The molecule has 1 N–H and O–H groups in total. The fourth-order valence-corrected chi connectivity index (χ4v) is 4.74. The standard InChI is InChI=1S/C13H9Br4NO4/c1-2-3-4(13(21)22)18-11(19)5-6(12(18)20)8(15)10(17)9(16)7(5)14/h4H,2-3H2,1H3,(H,21,22)/t4-/m1/s1. The van der Waals surface area contributed by atoms with Gasteiger partial charge in [-0.15, -0.1) is 0 Å². The van der Waals surface area contributed by atoms with Gasteiger partial charge in [-0.05, 0) is 70.1 Å². The Bertz CT molecular complexity index is 657. The molecule has 2 rings (SSSR count). The summed E-state index contributed by atoms with van der Waals surface area (Å²) in [6, 6.07) is -1.17. The third-order valence-electron chi connectivity index (χ3n) is 3.29. The number of carbonyl (C=O) groups is 3. The minimum Gasteiger partial charge on any atom is -0.480 e. The fourth-order valence-electron chi connectivity index (χ4n) is 2.29. The van der Waals surface area contributed by atoms with Crippen LogP contribution in [0.4, 0.5) is 0 Å². The molecule has 2 amide bonds. The Kier molecular flexibility index (Phi) is 5.51. The van der Waals surface area contributed by atoms with Crippen molar-refractivity contribution in [1.82, 2.24) is 4.90 Å². The normalized spacial score (nSPS) is 15.2. The van der Waals surface area contributed by atoms with Crippen LogP contribution in [0, 0.1) is 0 Å². The molecule has 0 unspecified atom stereocenters. The molecule has 1 aromatic carbocycles. The minimum absolute atomic E-state index is 0.161. The van der Waals surface area contributed by atoms with Crippen LogP contribution < -0.4 is 0 Å². The number of benzene rings is 1. The van der Waals surface area contributed by atoms with E-state index in [0.717, 1.165) is 4.90 Å². The van der Waals surface area contributed by atoms with Crippen molar-refractivity contribution < 1.29 is 19.5 Å². The zero-order valence-electron chi connectivity index (χ0n) is 11.1. The summed E-state index contributed by atoms with van der Waals surface area (Å²) in [5.74, 6) is -2.41. The summed E-state index contributed by atoms with van der Waals surface area (Å²) >= 11 is 13.2. The molecule has 0 aliphatic carbocycles. The van der Waals surface area contributed by atoms with E-state index in [4.69, 9.17) is 0 Å². The van der Waals surface area contributed by atoms with E-state index >= 15 is 0 Å². The van der Waals surface area contributed by atoms with Gasteiger partial charge in [0.05, 0.1) is 11.1 Å². The number of nitrogens with zero attached hydrogens (tertiary/aromatic N) is 1. The first kappa shape index (κ1) is 18.1. The van der Waals surface area contributed by atoms with Gasteiger partial charge < -0.3 is 5.11 Å². The highest BCUT2D eigenvalue weighted by molar-refractivity contribution is 9.15. The molecule has 0 bridgehead atoms. The van der Waals surface area contributed by atoms with E-state index in [1.165, 1.54) is 0 Å². The van der Waals surface area contributed by atoms with Crippen molar-refractivity contribution in [3.8, 4) is 0 Å². The number of fused-ring (bicyclic) bond motifs is 1. The Morgan fingerprint density at radius 3 is 1.73 bits per heavy atom. The Morgan fingerprint density at radius 2 is 1.41 bits per heavy atom. The maximum atomic E-state index is 12.6. The number of amides is 2. The predicted octanol–water partition coefficient (Wildman–Crippen LogP) is 4.59. The summed E-state index contributed by atoms with van der Waals surface area (Å²) in [6.45, 7) is 1.80. The van der Waals surface area contributed by atoms with E-state index in [0.29, 0.717) is 24.3 Å². The molecule has 0 saturated heterocycles. The smallest absolute Gasteiger partial charge is 0.326 e. The molecular weight excluding hydrogens is 554 g/mol. The van der Waals surface area contributed by atoms with Crippen molar-refractivity contribution in [2.75, 3.05) is 0 Å². The SMILES string of the molecule is CCC[C@H](C(=O)O)N1C(=O)c2c(Br)c(Br)c(Br)c(Br)c2C1=O. The Labute approximate surface area is 159 Å². The fraction of sp³-hybridized carbons (Fsp3) is 0.308. The highest BCUT2D eigenvalue weighted by Crippen LogP contribution is 2.45. The highest BCUT2D eigenvalue weighted by atomic mass is 79.9. The van der Waals surface area contributed by atoms with Crippen LogP contribution in [0.25, 0.3) is 0 Å². The first-order valence-electron chi connectivity index (χ1n) is 6.20. The molecule has 0 fully saturated rings. The lowest BCUT2D eigenvalue weighted by Crippen LogP contribution is -2.44. The molecule has 22 heavy (non-hydrogen) atoms. The molecule has 1 atom stereocenters. The maximum Gasteiger partial charge on any atom is 0.326 e. The van der Waals surface area contributed by atoms with Crippen LogP contribution in [-0.4, -0.2) is 33.8 Å². The zero-order valence-corrected chi connectivity index (χ0v) is 17.5. The van der Waals surface area contributed by atoms with E-state index in [1.54, 1.807) is 6.92 Å². The van der Waals surface area contributed by atoms with E-state index in [-0.39, 0.29) is 17.5 Å². The molecule has 5 nitrogen and oxygen atoms in total. The summed E-state index contributed by atoms with van der Waals surface area (Å²) in [4.78, 5) is 37.5. The quantitative estimate of drug-likeness (QED) is 0.331. The Hall–Kier alpha value is -0.250. The molecule has 0 aromatic heterocycles. The van der Waals surface area contributed by atoms with Crippen LogP contribution in [0.5, 0.6) is 0 Å². The van der Waals surface area contributed by atoms with Crippen molar-refractivity contribution in [2.45, 2.75) is 25.8 Å². The lowest BCUT2D eigenvalue weighted by atomic mass is 10.1. The van der Waals surface area contributed by atoms with Gasteiger partial charge in [-0.3, -0.25) is 14.5 Å². The van der Waals surface area contributed by atoms with Gasteiger partial charge in [-0.25, -0.2) is 4.79 Å². The lowest BCUT2D eigenvalue weighted by molar-refractivity contribution is -0.141. The van der Waals surface area contributed by atoms with Crippen LogP contribution in [-0.2, 0) is 4.79 Å². The number of carboxylic acid groups (broad SMARTS) is 1. The number of halogens is 4. The van der Waals surface area contributed by atoms with E-state index in [2.05, 4.69) is 63.7 Å². The maximum absolute atomic E-state index is 12.6. The topological polar surface area (TPSA) is 74.7 Å². The van der Waals surface area contributed by atoms with E-state index in [1.807, 2.05) is 0 Å². The second-order valence-corrected chi connectivity index (χ2v) is 7.80. The van der Waals surface area contributed by atoms with Crippen LogP contribution in [0.3, 0.4) is 0 Å². The summed E-state index contributed by atoms with van der Waals surface area (Å²) < 4.78 is 1.98. The van der Waals surface area contributed by atoms with Crippen LogP contribution in [0.1, 0.15) is 40.5 Å². The van der Waals surface area contributed by atoms with Gasteiger partial charge in [0, 0.05) is 17.9 Å². The van der Waals surface area contributed by atoms with Gasteiger partial charge >= 0.3 is 5.97 Å². The Balaban J connectivity index is 2.66. The first-order chi connectivity index (χ1) is 10.2. The number of hydrogen-bond acceptors (Lipinski definition) is 3. The number of carboxylic acids is 1. The van der Waals surface area contributed by atoms with Gasteiger partial charge in [-0.1, -0.05) is 13.3 Å². The number of aliphatic carboxylic acids is 1. The average molecular weight is 563 g/mol. The molecule has 0 radical (unpaired) electrons. The average Bonchev–Trinajstić information content (AvgIpc) is 2.72. The van der Waals surface area contributed by atoms with E-state index < -0.39 is 23.8 Å². The predicted molar refractivity (Wildman–Crippen MR) is 94.1 cm³/mol. The largest absolute Gasteiger partial charge is 0.480 e. The van der Waals surface area contributed by atoms with E-state index in [9.17, 15) is 19.5 Å². The molecular formula is C13H9Br4NO4.